The van der Waals surface area contributed by atoms with Gasteiger partial charge in [0.25, 0.3) is 11.8 Å². The predicted molar refractivity (Wildman–Crippen MR) is 155 cm³/mol. The number of piperidine rings is 1. The molecular formula is C31H36N4O4S. The third-order valence-corrected chi connectivity index (χ3v) is 9.78. The average Bonchev–Trinajstić information content (AvgIpc) is 3.01. The van der Waals surface area contributed by atoms with Gasteiger partial charge >= 0.3 is 0 Å². The summed E-state index contributed by atoms with van der Waals surface area (Å²) in [6, 6.07) is 17.2. The fraction of sp³-hybridized carbons (Fsp3) is 0.355. The highest BCUT2D eigenvalue weighted by atomic mass is 32.2. The molecule has 0 saturated carbocycles. The number of carbonyl (C=O) groups excluding carboxylic acids is 2. The van der Waals surface area contributed by atoms with E-state index in [0.717, 1.165) is 36.2 Å². The van der Waals surface area contributed by atoms with Crippen molar-refractivity contribution in [1.82, 2.24) is 15.6 Å². The first-order valence-electron chi connectivity index (χ1n) is 13.8. The third kappa shape index (κ3) is 5.54. The van der Waals surface area contributed by atoms with Gasteiger partial charge < -0.3 is 5.32 Å². The second-order valence-corrected chi connectivity index (χ2v) is 12.6. The van der Waals surface area contributed by atoms with Crippen molar-refractivity contribution in [2.45, 2.75) is 62.4 Å². The Balaban J connectivity index is 1.46. The molecule has 210 valence electrons. The van der Waals surface area contributed by atoms with Crippen LogP contribution in [0.15, 0.2) is 70.5 Å². The summed E-state index contributed by atoms with van der Waals surface area (Å²) < 4.78 is 27.5. The number of fused-ring (bicyclic) bond motifs is 2. The van der Waals surface area contributed by atoms with Crippen LogP contribution in [-0.4, -0.2) is 50.8 Å². The SMILES string of the molecule is Cc1ccc(C)c(CNN2C(=O)c3ccccc3S(=O)(=O)c3ccc(C(=O)NCCN4CCCCC4C)cc32)c1. The van der Waals surface area contributed by atoms with E-state index < -0.39 is 15.7 Å². The molecule has 40 heavy (non-hydrogen) atoms. The summed E-state index contributed by atoms with van der Waals surface area (Å²) in [5.74, 6) is -0.812. The number of anilines is 1. The fourth-order valence-corrected chi connectivity index (χ4v) is 7.12. The number of nitrogens with one attached hydrogen (secondary N) is 2. The van der Waals surface area contributed by atoms with Crippen molar-refractivity contribution in [3.63, 3.8) is 0 Å². The normalized spacial score (nSPS) is 18.5. The first-order chi connectivity index (χ1) is 19.2. The lowest BCUT2D eigenvalue weighted by Crippen LogP contribution is -2.43. The standard InChI is InChI=1S/C31H36N4O4S/c1-21-11-12-22(2)25(18-21)20-33-35-27-19-24(30(36)32-15-17-34-16-7-6-8-23(34)3)13-14-29(27)40(38,39)28-10-5-4-9-26(28)31(35)37/h4-5,9-14,18-19,23,33H,6-8,15-17,20H2,1-3H3,(H,32,36). The van der Waals surface area contributed by atoms with Crippen molar-refractivity contribution in [3.05, 3.63) is 88.5 Å². The smallest absolute Gasteiger partial charge is 0.274 e. The molecule has 1 saturated heterocycles. The molecule has 2 aliphatic heterocycles. The Morgan fingerprint density at radius 3 is 2.60 bits per heavy atom. The van der Waals surface area contributed by atoms with Gasteiger partial charge in [-0.2, -0.15) is 0 Å². The Hall–Kier alpha value is -3.53. The van der Waals surface area contributed by atoms with Gasteiger partial charge in [0.05, 0.1) is 21.0 Å². The van der Waals surface area contributed by atoms with Crippen LogP contribution in [0.1, 0.15) is 63.6 Å². The Bertz CT molecular complexity index is 1550. The molecule has 0 bridgehead atoms. The molecule has 2 amide bonds. The zero-order valence-corrected chi connectivity index (χ0v) is 24.1. The van der Waals surface area contributed by atoms with Crippen LogP contribution in [0.4, 0.5) is 5.69 Å². The first kappa shape index (κ1) is 28.0. The second-order valence-electron chi connectivity index (χ2n) is 10.7. The van der Waals surface area contributed by atoms with Crippen LogP contribution in [0.5, 0.6) is 0 Å². The van der Waals surface area contributed by atoms with Crippen LogP contribution in [0.25, 0.3) is 0 Å². The Labute approximate surface area is 236 Å². The lowest BCUT2D eigenvalue weighted by Gasteiger charge is -2.33. The van der Waals surface area contributed by atoms with Crippen LogP contribution in [-0.2, 0) is 16.4 Å². The monoisotopic (exact) mass is 560 g/mol. The van der Waals surface area contributed by atoms with E-state index in [1.807, 2.05) is 32.0 Å². The molecule has 5 rings (SSSR count). The highest BCUT2D eigenvalue weighted by Crippen LogP contribution is 2.37. The fourth-order valence-electron chi connectivity index (χ4n) is 5.50. The van der Waals surface area contributed by atoms with E-state index >= 15 is 0 Å². The summed E-state index contributed by atoms with van der Waals surface area (Å²) in [7, 11) is -4.02. The number of hydrazine groups is 1. The van der Waals surface area contributed by atoms with Gasteiger partial charge in [-0.15, -0.1) is 0 Å². The van der Waals surface area contributed by atoms with Crippen LogP contribution < -0.4 is 15.8 Å². The molecule has 9 heteroatoms. The number of likely N-dealkylation sites (tertiary alicyclic amines) is 1. The maximum Gasteiger partial charge on any atom is 0.274 e. The molecule has 1 fully saturated rings. The number of hydrogen-bond acceptors (Lipinski definition) is 6. The van der Waals surface area contributed by atoms with Gasteiger partial charge in [0.2, 0.25) is 9.84 Å². The van der Waals surface area contributed by atoms with Gasteiger partial charge in [0, 0.05) is 31.2 Å². The Kier molecular flexibility index (Phi) is 8.07. The minimum absolute atomic E-state index is 0.0297. The zero-order valence-electron chi connectivity index (χ0n) is 23.2. The molecule has 0 spiro atoms. The van der Waals surface area contributed by atoms with Crippen molar-refractivity contribution in [1.29, 1.82) is 0 Å². The Morgan fingerprint density at radius 2 is 1.80 bits per heavy atom. The van der Waals surface area contributed by atoms with Crippen LogP contribution in [0.3, 0.4) is 0 Å². The zero-order chi connectivity index (χ0) is 28.4. The number of carbonyl (C=O) groups is 2. The molecule has 0 aromatic heterocycles. The summed E-state index contributed by atoms with van der Waals surface area (Å²) in [5, 5.41) is 4.24. The molecule has 2 N–H and O–H groups in total. The van der Waals surface area contributed by atoms with E-state index in [4.69, 9.17) is 0 Å². The molecule has 0 aliphatic carbocycles. The van der Waals surface area contributed by atoms with E-state index in [-0.39, 0.29) is 32.5 Å². The van der Waals surface area contributed by atoms with Gasteiger partial charge in [-0.05, 0) is 81.6 Å². The number of benzene rings is 3. The Morgan fingerprint density at radius 1 is 1.00 bits per heavy atom. The lowest BCUT2D eigenvalue weighted by atomic mass is 10.0. The number of nitrogens with zero attached hydrogens (tertiary/aromatic N) is 2. The van der Waals surface area contributed by atoms with Crippen LogP contribution in [0.2, 0.25) is 0 Å². The molecule has 2 heterocycles. The van der Waals surface area contributed by atoms with Gasteiger partial charge in [0.1, 0.15) is 0 Å². The summed E-state index contributed by atoms with van der Waals surface area (Å²) in [4.78, 5) is 29.3. The quantitative estimate of drug-likeness (QED) is 0.444. The van der Waals surface area contributed by atoms with Crippen molar-refractivity contribution >= 4 is 27.3 Å². The molecular weight excluding hydrogens is 524 g/mol. The minimum Gasteiger partial charge on any atom is -0.351 e. The number of rotatable bonds is 7. The molecule has 3 aromatic carbocycles. The molecule has 1 unspecified atom stereocenters. The van der Waals surface area contributed by atoms with E-state index in [0.29, 0.717) is 19.1 Å². The molecule has 0 radical (unpaired) electrons. The second kappa shape index (κ2) is 11.5. The average molecular weight is 561 g/mol. The topological polar surface area (TPSA) is 98.8 Å². The summed E-state index contributed by atoms with van der Waals surface area (Å²) in [6.45, 7) is 8.75. The van der Waals surface area contributed by atoms with Crippen LogP contribution in [0, 0.1) is 13.8 Å². The van der Waals surface area contributed by atoms with Gasteiger partial charge in [-0.1, -0.05) is 42.3 Å². The molecule has 2 aliphatic rings. The van der Waals surface area contributed by atoms with E-state index in [9.17, 15) is 18.0 Å². The molecule has 8 nitrogen and oxygen atoms in total. The van der Waals surface area contributed by atoms with E-state index in [1.165, 1.54) is 48.2 Å². The molecule has 3 aromatic rings. The van der Waals surface area contributed by atoms with Crippen molar-refractivity contribution in [2.24, 2.45) is 0 Å². The summed E-state index contributed by atoms with van der Waals surface area (Å²) in [5.41, 5.74) is 6.77. The highest BCUT2D eigenvalue weighted by molar-refractivity contribution is 7.91. The number of sulfone groups is 1. The van der Waals surface area contributed by atoms with Crippen molar-refractivity contribution < 1.29 is 18.0 Å². The maximum absolute atomic E-state index is 13.8. The third-order valence-electron chi connectivity index (χ3n) is 7.92. The van der Waals surface area contributed by atoms with Crippen molar-refractivity contribution in [2.75, 3.05) is 24.6 Å². The molecule has 1 atom stereocenters. The highest BCUT2D eigenvalue weighted by Gasteiger charge is 2.36. The minimum atomic E-state index is -4.02. The van der Waals surface area contributed by atoms with Crippen molar-refractivity contribution in [3.8, 4) is 0 Å². The van der Waals surface area contributed by atoms with E-state index in [1.54, 1.807) is 12.1 Å². The van der Waals surface area contributed by atoms with Gasteiger partial charge in [-0.3, -0.25) is 14.5 Å². The van der Waals surface area contributed by atoms with Gasteiger partial charge in [-0.25, -0.2) is 18.9 Å². The van der Waals surface area contributed by atoms with E-state index in [2.05, 4.69) is 22.6 Å². The summed E-state index contributed by atoms with van der Waals surface area (Å²) >= 11 is 0. The number of hydrogen-bond donors (Lipinski definition) is 2. The van der Waals surface area contributed by atoms with Crippen LogP contribution >= 0.6 is 0 Å². The lowest BCUT2D eigenvalue weighted by molar-refractivity contribution is 0.0935. The summed E-state index contributed by atoms with van der Waals surface area (Å²) in [6.07, 6.45) is 3.56. The number of aryl methyl sites for hydroxylation is 2. The van der Waals surface area contributed by atoms with Gasteiger partial charge in [0.15, 0.2) is 0 Å². The maximum atomic E-state index is 13.8. The largest absolute Gasteiger partial charge is 0.351 e. The number of amides is 2. The predicted octanol–water partition coefficient (Wildman–Crippen LogP) is 4.41. The first-order valence-corrected chi connectivity index (χ1v) is 15.3.